The molecule has 0 N–H and O–H groups in total. The summed E-state index contributed by atoms with van der Waals surface area (Å²) in [4.78, 5) is 25.4. The second-order valence-corrected chi connectivity index (χ2v) is 6.58. The molecule has 1 aliphatic rings. The van der Waals surface area contributed by atoms with Crippen molar-refractivity contribution in [2.45, 2.75) is 31.7 Å². The molecule has 2 rings (SSSR count). The summed E-state index contributed by atoms with van der Waals surface area (Å²) in [5, 5.41) is 29.6. The molecular formula is C17H24N8O2. The van der Waals surface area contributed by atoms with Crippen LogP contribution in [0.2, 0.25) is 0 Å². The van der Waals surface area contributed by atoms with E-state index in [0.29, 0.717) is 0 Å². The number of nitriles is 2. The Hall–Kier alpha value is -2.98. The van der Waals surface area contributed by atoms with Crippen molar-refractivity contribution in [2.75, 3.05) is 50.1 Å². The quantitative estimate of drug-likeness (QED) is 0.493. The Kier molecular flexibility index (Phi) is 7.26. The number of nitrogens with zero attached hydrogens (tertiary/aromatic N) is 8. The topological polar surface area (TPSA) is 126 Å². The van der Waals surface area contributed by atoms with Crippen LogP contribution in [-0.4, -0.2) is 66.1 Å². The zero-order valence-electron chi connectivity index (χ0n) is 15.7. The lowest BCUT2D eigenvalue weighted by Gasteiger charge is -2.35. The standard InChI is InChI=1S/C17H24N8O2/c1-22-11-5-14(6-12-22)23(2)16-15(25(26)27)17(21-13-20-16)24(9-3-7-18)10-4-8-19/h13-14H,3-6,9-12H2,1-2H3. The molecule has 1 saturated heterocycles. The van der Waals surface area contributed by atoms with E-state index >= 15 is 0 Å². The van der Waals surface area contributed by atoms with Crippen LogP contribution < -0.4 is 9.80 Å². The molecule has 144 valence electrons. The number of likely N-dealkylation sites (tertiary alicyclic amines) is 1. The molecule has 0 radical (unpaired) electrons. The van der Waals surface area contributed by atoms with E-state index in [1.165, 1.54) is 6.33 Å². The first kappa shape index (κ1) is 20.3. The van der Waals surface area contributed by atoms with Gasteiger partial charge in [0.25, 0.3) is 0 Å². The van der Waals surface area contributed by atoms with Gasteiger partial charge >= 0.3 is 5.69 Å². The third-order valence-electron chi connectivity index (χ3n) is 4.82. The Bertz CT molecular complexity index is 715. The number of nitro groups is 1. The maximum Gasteiger partial charge on any atom is 0.353 e. The number of hydrogen-bond acceptors (Lipinski definition) is 9. The van der Waals surface area contributed by atoms with E-state index < -0.39 is 4.92 Å². The minimum atomic E-state index is -0.470. The number of aromatic nitrogens is 2. The number of hydrogen-bond donors (Lipinski definition) is 0. The molecule has 0 unspecified atom stereocenters. The smallest absolute Gasteiger partial charge is 0.351 e. The van der Waals surface area contributed by atoms with Crippen LogP contribution >= 0.6 is 0 Å². The molecule has 0 bridgehead atoms. The van der Waals surface area contributed by atoms with Gasteiger partial charge in [-0.1, -0.05) is 0 Å². The van der Waals surface area contributed by atoms with E-state index in [1.807, 2.05) is 24.1 Å². The first-order chi connectivity index (χ1) is 13.0. The van der Waals surface area contributed by atoms with E-state index in [0.717, 1.165) is 25.9 Å². The normalized spacial score (nSPS) is 15.0. The zero-order valence-corrected chi connectivity index (χ0v) is 15.7. The van der Waals surface area contributed by atoms with Crippen molar-refractivity contribution in [3.8, 4) is 12.1 Å². The first-order valence-electron chi connectivity index (χ1n) is 8.89. The highest BCUT2D eigenvalue weighted by molar-refractivity contribution is 5.71. The van der Waals surface area contributed by atoms with Gasteiger partial charge in [0.2, 0.25) is 11.6 Å². The summed E-state index contributed by atoms with van der Waals surface area (Å²) in [6.07, 6.45) is 3.49. The van der Waals surface area contributed by atoms with Gasteiger partial charge in [-0.3, -0.25) is 10.1 Å². The summed E-state index contributed by atoms with van der Waals surface area (Å²) in [6, 6.07) is 4.23. The summed E-state index contributed by atoms with van der Waals surface area (Å²) in [6.45, 7) is 2.40. The fraction of sp³-hybridized carbons (Fsp3) is 0.647. The Morgan fingerprint density at radius 3 is 2.30 bits per heavy atom. The maximum absolute atomic E-state index is 11.9. The average Bonchev–Trinajstić information content (AvgIpc) is 2.67. The Morgan fingerprint density at radius 2 is 1.78 bits per heavy atom. The SMILES string of the molecule is CN1CCC(N(C)c2ncnc(N(CCC#N)CCC#N)c2[N+](=O)[O-])CC1. The molecule has 2 heterocycles. The molecule has 0 aliphatic carbocycles. The highest BCUT2D eigenvalue weighted by Crippen LogP contribution is 2.35. The highest BCUT2D eigenvalue weighted by Gasteiger charge is 2.32. The molecule has 27 heavy (non-hydrogen) atoms. The fourth-order valence-electron chi connectivity index (χ4n) is 3.26. The van der Waals surface area contributed by atoms with Gasteiger partial charge in [0.05, 0.1) is 29.9 Å². The molecule has 0 atom stereocenters. The Morgan fingerprint density at radius 1 is 1.22 bits per heavy atom. The molecule has 1 fully saturated rings. The fourth-order valence-corrected chi connectivity index (χ4v) is 3.26. The van der Waals surface area contributed by atoms with Crippen molar-refractivity contribution in [3.05, 3.63) is 16.4 Å². The van der Waals surface area contributed by atoms with Crippen molar-refractivity contribution >= 4 is 17.3 Å². The Balaban J connectivity index is 2.38. The second-order valence-electron chi connectivity index (χ2n) is 6.58. The number of rotatable bonds is 8. The van der Waals surface area contributed by atoms with E-state index in [4.69, 9.17) is 10.5 Å². The van der Waals surface area contributed by atoms with Crippen LogP contribution in [0.15, 0.2) is 6.33 Å². The monoisotopic (exact) mass is 372 g/mol. The molecule has 10 heteroatoms. The molecule has 0 amide bonds. The number of anilines is 2. The van der Waals surface area contributed by atoms with Crippen LogP contribution in [0.25, 0.3) is 0 Å². The van der Waals surface area contributed by atoms with Crippen molar-refractivity contribution < 1.29 is 4.92 Å². The predicted molar refractivity (Wildman–Crippen MR) is 100 cm³/mol. The van der Waals surface area contributed by atoms with Gasteiger partial charge in [-0.25, -0.2) is 9.97 Å². The van der Waals surface area contributed by atoms with Gasteiger partial charge in [0, 0.05) is 26.2 Å². The summed E-state index contributed by atoms with van der Waals surface area (Å²) in [5.41, 5.74) is -0.171. The number of piperidine rings is 1. The molecule has 1 aliphatic heterocycles. The first-order valence-corrected chi connectivity index (χ1v) is 8.89. The summed E-state index contributed by atoms with van der Waals surface area (Å²) in [5.74, 6) is 0.439. The maximum atomic E-state index is 11.9. The highest BCUT2D eigenvalue weighted by atomic mass is 16.6. The van der Waals surface area contributed by atoms with Crippen molar-refractivity contribution in [2.24, 2.45) is 0 Å². The van der Waals surface area contributed by atoms with Gasteiger partial charge in [-0.05, 0) is 33.0 Å². The van der Waals surface area contributed by atoms with Crippen LogP contribution in [0.5, 0.6) is 0 Å². The molecule has 1 aromatic rings. The average molecular weight is 372 g/mol. The second kappa shape index (κ2) is 9.64. The summed E-state index contributed by atoms with van der Waals surface area (Å²) < 4.78 is 0. The van der Waals surface area contributed by atoms with Crippen LogP contribution in [0.3, 0.4) is 0 Å². The lowest BCUT2D eigenvalue weighted by Crippen LogP contribution is -2.42. The molecule has 0 aromatic carbocycles. The van der Waals surface area contributed by atoms with Crippen LogP contribution in [0.1, 0.15) is 25.7 Å². The van der Waals surface area contributed by atoms with E-state index in [-0.39, 0.29) is 49.3 Å². The van der Waals surface area contributed by atoms with E-state index in [9.17, 15) is 10.1 Å². The summed E-state index contributed by atoms with van der Waals surface area (Å²) >= 11 is 0. The van der Waals surface area contributed by atoms with E-state index in [2.05, 4.69) is 21.9 Å². The predicted octanol–water partition coefficient (Wildman–Crippen LogP) is 1.55. The van der Waals surface area contributed by atoms with E-state index in [1.54, 1.807) is 4.90 Å². The molecule has 0 spiro atoms. The summed E-state index contributed by atoms with van der Waals surface area (Å²) in [7, 11) is 3.88. The van der Waals surface area contributed by atoms with Gasteiger partial charge in [-0.15, -0.1) is 0 Å². The van der Waals surface area contributed by atoms with Crippen LogP contribution in [-0.2, 0) is 0 Å². The largest absolute Gasteiger partial charge is 0.353 e. The van der Waals surface area contributed by atoms with Crippen LogP contribution in [0, 0.1) is 32.8 Å². The lowest BCUT2D eigenvalue weighted by molar-refractivity contribution is -0.383. The molecule has 10 nitrogen and oxygen atoms in total. The molecular weight excluding hydrogens is 348 g/mol. The third kappa shape index (κ3) is 5.02. The van der Waals surface area contributed by atoms with Gasteiger partial charge in [0.1, 0.15) is 6.33 Å². The van der Waals surface area contributed by atoms with Gasteiger partial charge < -0.3 is 14.7 Å². The minimum Gasteiger partial charge on any atom is -0.351 e. The zero-order chi connectivity index (χ0) is 19.8. The third-order valence-corrected chi connectivity index (χ3v) is 4.82. The van der Waals surface area contributed by atoms with Crippen molar-refractivity contribution in [1.29, 1.82) is 10.5 Å². The van der Waals surface area contributed by atoms with Gasteiger partial charge in [-0.2, -0.15) is 10.5 Å². The van der Waals surface area contributed by atoms with Crippen LogP contribution in [0.4, 0.5) is 17.3 Å². The lowest BCUT2D eigenvalue weighted by atomic mass is 10.0. The Labute approximate surface area is 158 Å². The molecule has 1 aromatic heterocycles. The van der Waals surface area contributed by atoms with Gasteiger partial charge in [0.15, 0.2) is 0 Å². The minimum absolute atomic E-state index is 0.161. The van der Waals surface area contributed by atoms with Crippen molar-refractivity contribution in [1.82, 2.24) is 14.9 Å². The molecule has 0 saturated carbocycles. The van der Waals surface area contributed by atoms with Crippen molar-refractivity contribution in [3.63, 3.8) is 0 Å².